The molecule has 0 aliphatic heterocycles. The lowest BCUT2D eigenvalue weighted by atomic mass is 9.93. The van der Waals surface area contributed by atoms with Crippen LogP contribution in [0.2, 0.25) is 0 Å². The number of fused-ring (bicyclic) bond motifs is 2. The summed E-state index contributed by atoms with van der Waals surface area (Å²) in [6.07, 6.45) is 2.01. The van der Waals surface area contributed by atoms with Gasteiger partial charge in [0.05, 0.1) is 19.7 Å². The number of hydrazone groups is 1. The van der Waals surface area contributed by atoms with Crippen LogP contribution in [0.25, 0.3) is 21.5 Å². The van der Waals surface area contributed by atoms with Gasteiger partial charge in [0.1, 0.15) is 5.75 Å². The number of hydrogen-bond acceptors (Lipinski definition) is 3. The van der Waals surface area contributed by atoms with Crippen LogP contribution < -0.4 is 10.2 Å². The smallest absolute Gasteiger partial charge is 0.244 e. The van der Waals surface area contributed by atoms with Gasteiger partial charge in [0, 0.05) is 5.56 Å². The Bertz CT molecular complexity index is 1150. The van der Waals surface area contributed by atoms with E-state index in [9.17, 15) is 4.79 Å². The summed E-state index contributed by atoms with van der Waals surface area (Å²) in [5, 5.41) is 8.88. The van der Waals surface area contributed by atoms with E-state index < -0.39 is 0 Å². The molecule has 0 bridgehead atoms. The van der Waals surface area contributed by atoms with Gasteiger partial charge in [-0.1, -0.05) is 60.7 Å². The maximum absolute atomic E-state index is 12.3. The average Bonchev–Trinajstić information content (AvgIpc) is 2.76. The van der Waals surface area contributed by atoms with Crippen molar-refractivity contribution >= 4 is 33.7 Å². The fourth-order valence-corrected chi connectivity index (χ4v) is 3.66. The molecule has 0 spiro atoms. The summed E-state index contributed by atoms with van der Waals surface area (Å²) in [4.78, 5) is 12.3. The number of nitrogens with one attached hydrogen (secondary N) is 1. The van der Waals surface area contributed by atoms with Gasteiger partial charge in [-0.25, -0.2) is 5.43 Å². The number of carbonyl (C=O) groups is 1. The van der Waals surface area contributed by atoms with E-state index in [0.29, 0.717) is 0 Å². The first-order valence-corrected chi connectivity index (χ1v) is 9.52. The number of aryl methyl sites for hydroxylation is 1. The largest absolute Gasteiger partial charge is 0.497 e. The van der Waals surface area contributed by atoms with Gasteiger partial charge in [-0.05, 0) is 51.7 Å². The zero-order chi connectivity index (χ0) is 20.2. The molecule has 144 valence electrons. The predicted octanol–water partition coefficient (Wildman–Crippen LogP) is 5.00. The van der Waals surface area contributed by atoms with Gasteiger partial charge in [0.15, 0.2) is 0 Å². The molecule has 0 saturated carbocycles. The zero-order valence-corrected chi connectivity index (χ0v) is 16.5. The first-order valence-electron chi connectivity index (χ1n) is 9.52. The second kappa shape index (κ2) is 8.15. The summed E-state index contributed by atoms with van der Waals surface area (Å²) in [7, 11) is 1.62. The number of benzene rings is 4. The van der Waals surface area contributed by atoms with Crippen molar-refractivity contribution in [2.75, 3.05) is 7.11 Å². The molecule has 0 aliphatic rings. The normalized spacial score (nSPS) is 11.2. The quantitative estimate of drug-likeness (QED) is 0.300. The first kappa shape index (κ1) is 18.7. The van der Waals surface area contributed by atoms with Gasteiger partial charge in [0.2, 0.25) is 5.91 Å². The van der Waals surface area contributed by atoms with E-state index in [-0.39, 0.29) is 12.3 Å². The SMILES string of the molecule is COc1ccc(CC(=O)N/N=C\c2c3ccccc3c(C)c3ccccc23)cc1. The van der Waals surface area contributed by atoms with E-state index in [4.69, 9.17) is 4.74 Å². The number of amides is 1. The standard InChI is InChI=1S/C25H22N2O2/c1-17-20-7-3-5-9-22(20)24(23-10-6-4-8-21(17)23)16-26-27-25(28)15-18-11-13-19(29-2)14-12-18/h3-14,16H,15H2,1-2H3,(H,27,28)/b26-16-. The minimum Gasteiger partial charge on any atom is -0.497 e. The van der Waals surface area contributed by atoms with Gasteiger partial charge in [-0.15, -0.1) is 0 Å². The lowest BCUT2D eigenvalue weighted by Crippen LogP contribution is -2.19. The number of rotatable bonds is 5. The number of hydrogen-bond donors (Lipinski definition) is 1. The molecule has 0 radical (unpaired) electrons. The Kier molecular flexibility index (Phi) is 5.25. The van der Waals surface area contributed by atoms with Crippen molar-refractivity contribution < 1.29 is 9.53 Å². The highest BCUT2D eigenvalue weighted by Gasteiger charge is 2.09. The minimum atomic E-state index is -0.160. The monoisotopic (exact) mass is 382 g/mol. The number of carbonyl (C=O) groups excluding carboxylic acids is 1. The van der Waals surface area contributed by atoms with E-state index in [2.05, 4.69) is 41.7 Å². The molecule has 0 aromatic heterocycles. The van der Waals surface area contributed by atoms with Gasteiger partial charge >= 0.3 is 0 Å². The molecule has 0 unspecified atom stereocenters. The van der Waals surface area contributed by atoms with Crippen LogP contribution in [0.1, 0.15) is 16.7 Å². The maximum Gasteiger partial charge on any atom is 0.244 e. The maximum atomic E-state index is 12.3. The van der Waals surface area contributed by atoms with Crippen LogP contribution >= 0.6 is 0 Å². The number of nitrogens with zero attached hydrogens (tertiary/aromatic N) is 1. The Hall–Kier alpha value is -3.66. The van der Waals surface area contributed by atoms with Gasteiger partial charge < -0.3 is 4.74 Å². The average molecular weight is 382 g/mol. The third kappa shape index (κ3) is 3.83. The molecular formula is C25H22N2O2. The summed E-state index contributed by atoms with van der Waals surface area (Å²) >= 11 is 0. The van der Waals surface area contributed by atoms with Crippen molar-refractivity contribution in [3.05, 3.63) is 89.5 Å². The fourth-order valence-electron chi connectivity index (χ4n) is 3.66. The van der Waals surface area contributed by atoms with Gasteiger partial charge in [-0.2, -0.15) is 5.10 Å². The Morgan fingerprint density at radius 2 is 1.45 bits per heavy atom. The lowest BCUT2D eigenvalue weighted by Gasteiger charge is -2.11. The summed E-state index contributed by atoms with van der Waals surface area (Å²) in [5.41, 5.74) is 5.81. The highest BCUT2D eigenvalue weighted by Crippen LogP contribution is 2.31. The molecule has 1 amide bonds. The second-order valence-electron chi connectivity index (χ2n) is 6.95. The molecule has 29 heavy (non-hydrogen) atoms. The lowest BCUT2D eigenvalue weighted by molar-refractivity contribution is -0.120. The van der Waals surface area contributed by atoms with E-state index in [0.717, 1.165) is 27.6 Å². The second-order valence-corrected chi connectivity index (χ2v) is 6.95. The Labute approximate surface area is 169 Å². The van der Waals surface area contributed by atoms with Crippen LogP contribution in [0.15, 0.2) is 77.9 Å². The van der Waals surface area contributed by atoms with Crippen LogP contribution in [0.5, 0.6) is 5.75 Å². The van der Waals surface area contributed by atoms with Crippen molar-refractivity contribution in [1.82, 2.24) is 5.43 Å². The Balaban J connectivity index is 1.60. The molecular weight excluding hydrogens is 360 g/mol. The molecule has 0 heterocycles. The fraction of sp³-hybridized carbons (Fsp3) is 0.120. The Morgan fingerprint density at radius 1 is 0.897 bits per heavy atom. The topological polar surface area (TPSA) is 50.7 Å². The molecule has 0 fully saturated rings. The Morgan fingerprint density at radius 3 is 2.00 bits per heavy atom. The summed E-state index contributed by atoms with van der Waals surface area (Å²) in [6, 6.07) is 24.0. The van der Waals surface area contributed by atoms with E-state index in [1.54, 1.807) is 13.3 Å². The van der Waals surface area contributed by atoms with E-state index in [1.807, 2.05) is 48.5 Å². The van der Waals surface area contributed by atoms with E-state index >= 15 is 0 Å². The van der Waals surface area contributed by atoms with Crippen molar-refractivity contribution in [2.45, 2.75) is 13.3 Å². The molecule has 4 aromatic rings. The van der Waals surface area contributed by atoms with E-state index in [1.165, 1.54) is 16.3 Å². The highest BCUT2D eigenvalue weighted by molar-refractivity contribution is 6.15. The highest BCUT2D eigenvalue weighted by atomic mass is 16.5. The molecule has 0 saturated heterocycles. The molecule has 0 atom stereocenters. The van der Waals surface area contributed by atoms with Crippen LogP contribution in [0.4, 0.5) is 0 Å². The molecule has 4 aromatic carbocycles. The van der Waals surface area contributed by atoms with Crippen molar-refractivity contribution in [3.8, 4) is 5.75 Å². The first-order chi connectivity index (χ1) is 14.2. The third-order valence-corrected chi connectivity index (χ3v) is 5.15. The van der Waals surface area contributed by atoms with Crippen LogP contribution in [-0.2, 0) is 11.2 Å². The zero-order valence-electron chi connectivity index (χ0n) is 16.5. The molecule has 1 N–H and O–H groups in total. The predicted molar refractivity (Wildman–Crippen MR) is 119 cm³/mol. The van der Waals surface area contributed by atoms with Crippen molar-refractivity contribution in [2.24, 2.45) is 5.10 Å². The van der Waals surface area contributed by atoms with Crippen LogP contribution in [0, 0.1) is 6.92 Å². The van der Waals surface area contributed by atoms with Gasteiger partial charge in [-0.3, -0.25) is 4.79 Å². The molecule has 4 nitrogen and oxygen atoms in total. The van der Waals surface area contributed by atoms with Crippen LogP contribution in [0.3, 0.4) is 0 Å². The summed E-state index contributed by atoms with van der Waals surface area (Å²) in [6.45, 7) is 2.14. The molecule has 4 heteroatoms. The minimum absolute atomic E-state index is 0.160. The molecule has 0 aliphatic carbocycles. The van der Waals surface area contributed by atoms with Crippen molar-refractivity contribution in [1.29, 1.82) is 0 Å². The van der Waals surface area contributed by atoms with Gasteiger partial charge in [0.25, 0.3) is 0 Å². The number of ether oxygens (including phenoxy) is 1. The third-order valence-electron chi connectivity index (χ3n) is 5.15. The van der Waals surface area contributed by atoms with Crippen molar-refractivity contribution in [3.63, 3.8) is 0 Å². The summed E-state index contributed by atoms with van der Waals surface area (Å²) in [5.74, 6) is 0.609. The van der Waals surface area contributed by atoms with Crippen LogP contribution in [-0.4, -0.2) is 19.2 Å². The summed E-state index contributed by atoms with van der Waals surface area (Å²) < 4.78 is 5.14. The molecule has 4 rings (SSSR count). The number of methoxy groups -OCH3 is 1.